The molecular weight excluding hydrogens is 399 g/mol. The summed E-state index contributed by atoms with van der Waals surface area (Å²) < 4.78 is 5.30. The smallest absolute Gasteiger partial charge is 0.311 e. The van der Waals surface area contributed by atoms with Gasteiger partial charge in [-0.15, -0.1) is 0 Å². The maximum Gasteiger partial charge on any atom is 0.311 e. The summed E-state index contributed by atoms with van der Waals surface area (Å²) in [6.45, 7) is 3.34. The van der Waals surface area contributed by atoms with E-state index in [2.05, 4.69) is 10.3 Å². The van der Waals surface area contributed by atoms with Crippen LogP contribution in [-0.4, -0.2) is 23.0 Å². The van der Waals surface area contributed by atoms with E-state index in [1.165, 1.54) is 0 Å². The summed E-state index contributed by atoms with van der Waals surface area (Å²) >= 11 is 12.1. The molecule has 5 nitrogen and oxygen atoms in total. The fourth-order valence-corrected chi connectivity index (χ4v) is 3.56. The molecule has 7 heteroatoms. The van der Waals surface area contributed by atoms with E-state index >= 15 is 0 Å². The highest BCUT2D eigenvalue weighted by Gasteiger charge is 2.21. The van der Waals surface area contributed by atoms with Crippen molar-refractivity contribution >= 4 is 46.0 Å². The topological polar surface area (TPSA) is 71.2 Å². The summed E-state index contributed by atoms with van der Waals surface area (Å²) in [6, 6.07) is 12.4. The largest absolute Gasteiger partial charge is 0.452 e. The molecule has 28 heavy (non-hydrogen) atoms. The van der Waals surface area contributed by atoms with Crippen LogP contribution in [-0.2, 0) is 20.7 Å². The van der Waals surface area contributed by atoms with Crippen molar-refractivity contribution in [2.75, 3.05) is 0 Å². The second-order valence-corrected chi connectivity index (χ2v) is 7.41. The lowest BCUT2D eigenvalue weighted by molar-refractivity contribution is -0.154. The number of H-pyrrole nitrogens is 1. The van der Waals surface area contributed by atoms with Gasteiger partial charge in [0.05, 0.1) is 12.5 Å². The van der Waals surface area contributed by atoms with Crippen LogP contribution in [0, 0.1) is 0 Å². The van der Waals surface area contributed by atoms with Crippen LogP contribution in [0.5, 0.6) is 0 Å². The molecule has 1 amide bonds. The summed E-state index contributed by atoms with van der Waals surface area (Å²) in [5, 5.41) is 4.74. The fourth-order valence-electron chi connectivity index (χ4n) is 2.99. The first-order valence-corrected chi connectivity index (χ1v) is 9.60. The number of nitrogens with one attached hydrogen (secondary N) is 2. The average Bonchev–Trinajstić information content (AvgIpc) is 3.04. The van der Waals surface area contributed by atoms with Crippen LogP contribution in [0.1, 0.15) is 31.0 Å². The first-order valence-electron chi connectivity index (χ1n) is 8.85. The number of hydrogen-bond donors (Lipinski definition) is 2. The van der Waals surface area contributed by atoms with Crippen LogP contribution in [0.2, 0.25) is 10.0 Å². The van der Waals surface area contributed by atoms with E-state index in [0.717, 1.165) is 22.0 Å². The van der Waals surface area contributed by atoms with Crippen molar-refractivity contribution in [1.82, 2.24) is 10.3 Å². The third-order valence-corrected chi connectivity index (χ3v) is 5.04. The second-order valence-electron chi connectivity index (χ2n) is 6.56. The molecule has 0 aliphatic rings. The number of aromatic amines is 1. The molecule has 0 bridgehead atoms. The van der Waals surface area contributed by atoms with Gasteiger partial charge >= 0.3 is 5.97 Å². The average molecular weight is 419 g/mol. The van der Waals surface area contributed by atoms with Gasteiger partial charge < -0.3 is 15.0 Å². The number of fused-ring (bicyclic) bond motifs is 1. The molecule has 146 valence electrons. The molecule has 3 rings (SSSR count). The summed E-state index contributed by atoms with van der Waals surface area (Å²) in [6.07, 6.45) is 0.938. The highest BCUT2D eigenvalue weighted by Crippen LogP contribution is 2.26. The maximum atomic E-state index is 12.4. The molecule has 0 unspecified atom stereocenters. The molecule has 0 radical (unpaired) electrons. The predicted octanol–water partition coefficient (Wildman–Crippen LogP) is 4.83. The summed E-state index contributed by atoms with van der Waals surface area (Å²) in [5.74, 6) is -0.865. The van der Waals surface area contributed by atoms with Crippen LogP contribution >= 0.6 is 23.2 Å². The lowest BCUT2D eigenvalue weighted by Gasteiger charge is -2.19. The van der Waals surface area contributed by atoms with Crippen LogP contribution < -0.4 is 5.32 Å². The van der Waals surface area contributed by atoms with Crippen molar-refractivity contribution in [2.45, 2.75) is 32.4 Å². The van der Waals surface area contributed by atoms with Gasteiger partial charge in [-0.3, -0.25) is 9.59 Å². The van der Waals surface area contributed by atoms with Gasteiger partial charge in [-0.05, 0) is 43.2 Å². The van der Waals surface area contributed by atoms with Crippen LogP contribution in [0.3, 0.4) is 0 Å². The van der Waals surface area contributed by atoms with Gasteiger partial charge in [-0.1, -0.05) is 47.5 Å². The molecule has 1 heterocycles. The van der Waals surface area contributed by atoms with Crippen molar-refractivity contribution in [2.24, 2.45) is 0 Å². The minimum atomic E-state index is -0.925. The third-order valence-electron chi connectivity index (χ3n) is 4.47. The van der Waals surface area contributed by atoms with E-state index in [0.29, 0.717) is 10.0 Å². The maximum absolute atomic E-state index is 12.4. The number of carbonyl (C=O) groups excluding carboxylic acids is 2. The standard InChI is InChI=1S/C21H20Cl2N2O3/c1-12(16-8-7-15(22)10-18(16)23)25-21(27)13(2)28-20(26)9-14-11-24-19-6-4-3-5-17(14)19/h3-8,10-13,24H,9H2,1-2H3,(H,25,27)/t12-,13-/m0/s1. The SMILES string of the molecule is C[C@H](OC(=O)Cc1c[nH]c2ccccc12)C(=O)N[C@@H](C)c1ccc(Cl)cc1Cl. The number of benzene rings is 2. The summed E-state index contributed by atoms with van der Waals surface area (Å²) in [4.78, 5) is 27.8. The number of rotatable bonds is 6. The van der Waals surface area contributed by atoms with Gasteiger partial charge in [0.15, 0.2) is 6.10 Å². The van der Waals surface area contributed by atoms with E-state index in [-0.39, 0.29) is 12.5 Å². The molecule has 0 aliphatic carbocycles. The number of para-hydroxylation sites is 1. The number of hydrogen-bond acceptors (Lipinski definition) is 3. The normalized spacial score (nSPS) is 13.1. The van der Waals surface area contributed by atoms with E-state index < -0.39 is 18.0 Å². The van der Waals surface area contributed by atoms with E-state index in [1.807, 2.05) is 24.3 Å². The van der Waals surface area contributed by atoms with E-state index in [4.69, 9.17) is 27.9 Å². The van der Waals surface area contributed by atoms with Crippen molar-refractivity contribution < 1.29 is 14.3 Å². The van der Waals surface area contributed by atoms with E-state index in [1.54, 1.807) is 38.2 Å². The molecule has 3 aromatic rings. The van der Waals surface area contributed by atoms with Crippen LogP contribution in [0.25, 0.3) is 10.9 Å². The minimum Gasteiger partial charge on any atom is -0.452 e. The third kappa shape index (κ3) is 4.66. The predicted molar refractivity (Wildman–Crippen MR) is 111 cm³/mol. The zero-order valence-corrected chi connectivity index (χ0v) is 17.0. The molecule has 0 fully saturated rings. The van der Waals surface area contributed by atoms with Gasteiger partial charge in [0.25, 0.3) is 5.91 Å². The molecule has 1 aromatic heterocycles. The molecule has 0 spiro atoms. The Balaban J connectivity index is 1.58. The number of amides is 1. The molecule has 2 aromatic carbocycles. The molecule has 0 saturated heterocycles. The molecule has 2 atom stereocenters. The Morgan fingerprint density at radius 1 is 1.14 bits per heavy atom. The quantitative estimate of drug-likeness (QED) is 0.563. The minimum absolute atomic E-state index is 0.0835. The number of carbonyl (C=O) groups is 2. The van der Waals surface area contributed by atoms with Crippen molar-refractivity contribution in [3.8, 4) is 0 Å². The second kappa shape index (κ2) is 8.67. The van der Waals surface area contributed by atoms with Gasteiger partial charge in [-0.25, -0.2) is 0 Å². The zero-order valence-electron chi connectivity index (χ0n) is 15.5. The molecule has 0 saturated carbocycles. The first-order chi connectivity index (χ1) is 13.3. The zero-order chi connectivity index (χ0) is 20.3. The Kier molecular flexibility index (Phi) is 6.27. The van der Waals surface area contributed by atoms with Gasteiger partial charge in [-0.2, -0.15) is 0 Å². The van der Waals surface area contributed by atoms with Crippen LogP contribution in [0.15, 0.2) is 48.7 Å². The number of ether oxygens (including phenoxy) is 1. The Labute approximate surface area is 173 Å². The highest BCUT2D eigenvalue weighted by atomic mass is 35.5. The number of halogens is 2. The van der Waals surface area contributed by atoms with E-state index in [9.17, 15) is 9.59 Å². The van der Waals surface area contributed by atoms with Gasteiger partial charge in [0.1, 0.15) is 0 Å². The fraction of sp³-hybridized carbons (Fsp3) is 0.238. The molecular formula is C21H20Cl2N2O3. The number of esters is 1. The summed E-state index contributed by atoms with van der Waals surface area (Å²) in [7, 11) is 0. The first kappa shape index (κ1) is 20.2. The number of aromatic nitrogens is 1. The highest BCUT2D eigenvalue weighted by molar-refractivity contribution is 6.35. The lowest BCUT2D eigenvalue weighted by atomic mass is 10.1. The monoisotopic (exact) mass is 418 g/mol. The summed E-state index contributed by atoms with van der Waals surface area (Å²) in [5.41, 5.74) is 2.51. The molecule has 2 N–H and O–H groups in total. The van der Waals surface area contributed by atoms with Gasteiger partial charge in [0, 0.05) is 27.1 Å². The van der Waals surface area contributed by atoms with Crippen LogP contribution in [0.4, 0.5) is 0 Å². The Hall–Kier alpha value is -2.50. The van der Waals surface area contributed by atoms with Crippen molar-refractivity contribution in [3.63, 3.8) is 0 Å². The Morgan fingerprint density at radius 3 is 2.64 bits per heavy atom. The van der Waals surface area contributed by atoms with Crippen molar-refractivity contribution in [1.29, 1.82) is 0 Å². The van der Waals surface area contributed by atoms with Crippen molar-refractivity contribution in [3.05, 3.63) is 69.8 Å². The molecule has 0 aliphatic heterocycles. The Bertz CT molecular complexity index is 1020. The lowest BCUT2D eigenvalue weighted by Crippen LogP contribution is -2.37. The Morgan fingerprint density at radius 2 is 1.89 bits per heavy atom. The van der Waals surface area contributed by atoms with Gasteiger partial charge in [0.2, 0.25) is 0 Å².